The van der Waals surface area contributed by atoms with Gasteiger partial charge in [0.15, 0.2) is 0 Å². The van der Waals surface area contributed by atoms with Crippen molar-refractivity contribution in [3.8, 4) is 0 Å². The zero-order valence-corrected chi connectivity index (χ0v) is 12.4. The fourth-order valence-corrected chi connectivity index (χ4v) is 3.01. The number of hydrogen-bond donors (Lipinski definition) is 1. The van der Waals surface area contributed by atoms with Gasteiger partial charge in [0.2, 0.25) is 0 Å². The molecule has 2 heteroatoms. The first-order valence-electron chi connectivity index (χ1n) is 7.73. The second kappa shape index (κ2) is 5.90. The Bertz CT molecular complexity index is 353. The standard InChI is InChI=1S/C16H28N2/c1-5-7-8-13(6-2)16-17-14-9-11(3)12(4)10-15(14)18-16/h11-13H,5-10H2,1-4H3,(H,17,18). The molecule has 0 aliphatic heterocycles. The molecular weight excluding hydrogens is 220 g/mol. The Morgan fingerprint density at radius 2 is 1.94 bits per heavy atom. The van der Waals surface area contributed by atoms with Crippen molar-refractivity contribution in [2.75, 3.05) is 0 Å². The van der Waals surface area contributed by atoms with Crippen LogP contribution in [0.3, 0.4) is 0 Å². The van der Waals surface area contributed by atoms with Crippen molar-refractivity contribution in [1.82, 2.24) is 9.97 Å². The molecule has 0 spiro atoms. The molecule has 1 aromatic heterocycles. The molecule has 1 heterocycles. The van der Waals surface area contributed by atoms with E-state index in [0.29, 0.717) is 5.92 Å². The number of aromatic amines is 1. The van der Waals surface area contributed by atoms with Crippen LogP contribution >= 0.6 is 0 Å². The Morgan fingerprint density at radius 1 is 1.22 bits per heavy atom. The molecule has 2 nitrogen and oxygen atoms in total. The molecule has 2 rings (SSSR count). The number of H-pyrrole nitrogens is 1. The molecule has 1 aliphatic rings. The van der Waals surface area contributed by atoms with E-state index in [4.69, 9.17) is 4.98 Å². The normalized spacial score (nSPS) is 24.9. The molecule has 0 amide bonds. The Labute approximate surface area is 112 Å². The fraction of sp³-hybridized carbons (Fsp3) is 0.812. The van der Waals surface area contributed by atoms with E-state index in [9.17, 15) is 0 Å². The lowest BCUT2D eigenvalue weighted by molar-refractivity contribution is 0.355. The van der Waals surface area contributed by atoms with Gasteiger partial charge in [0.1, 0.15) is 5.82 Å². The Kier molecular flexibility index (Phi) is 4.47. The van der Waals surface area contributed by atoms with E-state index in [0.717, 1.165) is 18.3 Å². The topological polar surface area (TPSA) is 28.7 Å². The zero-order chi connectivity index (χ0) is 13.1. The van der Waals surface area contributed by atoms with Crippen molar-refractivity contribution in [3.05, 3.63) is 17.2 Å². The maximum Gasteiger partial charge on any atom is 0.109 e. The molecular formula is C16H28N2. The maximum absolute atomic E-state index is 4.90. The van der Waals surface area contributed by atoms with Gasteiger partial charge < -0.3 is 4.98 Å². The molecule has 1 N–H and O–H groups in total. The molecule has 18 heavy (non-hydrogen) atoms. The molecule has 0 aromatic carbocycles. The van der Waals surface area contributed by atoms with Gasteiger partial charge in [-0.3, -0.25) is 0 Å². The number of unbranched alkanes of at least 4 members (excludes halogenated alkanes) is 1. The summed E-state index contributed by atoms with van der Waals surface area (Å²) in [4.78, 5) is 8.54. The molecule has 0 saturated carbocycles. The number of nitrogens with one attached hydrogen (secondary N) is 1. The molecule has 0 radical (unpaired) electrons. The number of fused-ring (bicyclic) bond motifs is 1. The van der Waals surface area contributed by atoms with Gasteiger partial charge in [0.25, 0.3) is 0 Å². The first-order valence-corrected chi connectivity index (χ1v) is 7.73. The van der Waals surface area contributed by atoms with Crippen LogP contribution in [0.25, 0.3) is 0 Å². The van der Waals surface area contributed by atoms with Crippen LogP contribution in [-0.2, 0) is 12.8 Å². The summed E-state index contributed by atoms with van der Waals surface area (Å²) in [6.07, 6.45) is 7.44. The quantitative estimate of drug-likeness (QED) is 0.818. The second-order valence-corrected chi connectivity index (χ2v) is 6.16. The minimum atomic E-state index is 0.640. The summed E-state index contributed by atoms with van der Waals surface area (Å²) in [7, 11) is 0. The van der Waals surface area contributed by atoms with Gasteiger partial charge in [0.05, 0.1) is 5.69 Å². The van der Waals surface area contributed by atoms with Gasteiger partial charge >= 0.3 is 0 Å². The summed E-state index contributed by atoms with van der Waals surface area (Å²) in [5.74, 6) is 3.48. The minimum Gasteiger partial charge on any atom is -0.345 e. The van der Waals surface area contributed by atoms with E-state index in [1.54, 1.807) is 0 Å². The molecule has 0 bridgehead atoms. The summed E-state index contributed by atoms with van der Waals surface area (Å²) in [5, 5.41) is 0. The molecule has 3 unspecified atom stereocenters. The third kappa shape index (κ3) is 2.78. The van der Waals surface area contributed by atoms with Gasteiger partial charge in [-0.1, -0.05) is 40.5 Å². The summed E-state index contributed by atoms with van der Waals surface area (Å²) < 4.78 is 0. The van der Waals surface area contributed by atoms with E-state index >= 15 is 0 Å². The highest BCUT2D eigenvalue weighted by Gasteiger charge is 2.26. The predicted molar refractivity (Wildman–Crippen MR) is 76.9 cm³/mol. The van der Waals surface area contributed by atoms with Crippen LogP contribution in [0.1, 0.15) is 76.5 Å². The molecule has 1 aliphatic carbocycles. The lowest BCUT2D eigenvalue weighted by Crippen LogP contribution is -2.20. The summed E-state index contributed by atoms with van der Waals surface area (Å²) in [5.41, 5.74) is 2.77. The van der Waals surface area contributed by atoms with Gasteiger partial charge in [0, 0.05) is 11.6 Å². The number of imidazole rings is 1. The molecule has 1 aromatic rings. The van der Waals surface area contributed by atoms with Crippen LogP contribution in [-0.4, -0.2) is 9.97 Å². The van der Waals surface area contributed by atoms with Gasteiger partial charge in [-0.2, -0.15) is 0 Å². The highest BCUT2D eigenvalue weighted by molar-refractivity contribution is 5.21. The average molecular weight is 248 g/mol. The van der Waals surface area contributed by atoms with Gasteiger partial charge in [-0.25, -0.2) is 4.98 Å². The van der Waals surface area contributed by atoms with Gasteiger partial charge in [-0.05, 0) is 37.5 Å². The van der Waals surface area contributed by atoms with Crippen molar-refractivity contribution in [1.29, 1.82) is 0 Å². The molecule has 0 saturated heterocycles. The van der Waals surface area contributed by atoms with Crippen LogP contribution in [0, 0.1) is 11.8 Å². The lowest BCUT2D eigenvalue weighted by atomic mass is 9.82. The first kappa shape index (κ1) is 13.6. The molecule has 102 valence electrons. The zero-order valence-electron chi connectivity index (χ0n) is 12.4. The SMILES string of the molecule is CCCCC(CC)c1nc2c([nH]1)CC(C)C(C)C2. The van der Waals surface area contributed by atoms with Crippen LogP contribution < -0.4 is 0 Å². The Morgan fingerprint density at radius 3 is 2.61 bits per heavy atom. The monoisotopic (exact) mass is 248 g/mol. The number of hydrogen-bond acceptors (Lipinski definition) is 1. The molecule has 0 fully saturated rings. The number of nitrogens with zero attached hydrogens (tertiary/aromatic N) is 1. The van der Waals surface area contributed by atoms with Crippen molar-refractivity contribution in [2.24, 2.45) is 11.8 Å². The summed E-state index contributed by atoms with van der Waals surface area (Å²) in [6.45, 7) is 9.27. The van der Waals surface area contributed by atoms with Crippen LogP contribution in [0.4, 0.5) is 0 Å². The third-order valence-corrected chi connectivity index (χ3v) is 4.68. The van der Waals surface area contributed by atoms with E-state index < -0.39 is 0 Å². The van der Waals surface area contributed by atoms with Crippen molar-refractivity contribution in [3.63, 3.8) is 0 Å². The van der Waals surface area contributed by atoms with Crippen LogP contribution in [0.15, 0.2) is 0 Å². The van der Waals surface area contributed by atoms with E-state index in [1.807, 2.05) is 0 Å². The maximum atomic E-state index is 4.90. The largest absolute Gasteiger partial charge is 0.345 e. The lowest BCUT2D eigenvalue weighted by Gasteiger charge is -2.24. The highest BCUT2D eigenvalue weighted by atomic mass is 14.9. The van der Waals surface area contributed by atoms with E-state index in [-0.39, 0.29) is 0 Å². The summed E-state index contributed by atoms with van der Waals surface area (Å²) in [6, 6.07) is 0. The van der Waals surface area contributed by atoms with Gasteiger partial charge in [-0.15, -0.1) is 0 Å². The summed E-state index contributed by atoms with van der Waals surface area (Å²) >= 11 is 0. The van der Waals surface area contributed by atoms with Crippen LogP contribution in [0.2, 0.25) is 0 Å². The molecule has 3 atom stereocenters. The predicted octanol–water partition coefficient (Wildman–Crippen LogP) is 4.46. The minimum absolute atomic E-state index is 0.640. The van der Waals surface area contributed by atoms with Crippen molar-refractivity contribution in [2.45, 2.75) is 72.1 Å². The smallest absolute Gasteiger partial charge is 0.109 e. The Balaban J connectivity index is 2.13. The van der Waals surface area contributed by atoms with Crippen molar-refractivity contribution < 1.29 is 0 Å². The second-order valence-electron chi connectivity index (χ2n) is 6.16. The van der Waals surface area contributed by atoms with E-state index in [1.165, 1.54) is 49.3 Å². The third-order valence-electron chi connectivity index (χ3n) is 4.68. The first-order chi connectivity index (χ1) is 8.65. The average Bonchev–Trinajstić information content (AvgIpc) is 2.73. The Hall–Kier alpha value is -0.790. The van der Waals surface area contributed by atoms with Crippen LogP contribution in [0.5, 0.6) is 0 Å². The fourth-order valence-electron chi connectivity index (χ4n) is 3.01. The van der Waals surface area contributed by atoms with Crippen molar-refractivity contribution >= 4 is 0 Å². The highest BCUT2D eigenvalue weighted by Crippen LogP contribution is 2.31. The van der Waals surface area contributed by atoms with E-state index in [2.05, 4.69) is 32.7 Å². The number of aromatic nitrogens is 2. The number of rotatable bonds is 5.